The molecule has 0 aliphatic carbocycles. The molecular formula is C28H23Cl2F2N3O4. The van der Waals surface area contributed by atoms with Crippen molar-refractivity contribution in [2.45, 2.75) is 23.8 Å². The van der Waals surface area contributed by atoms with Crippen molar-refractivity contribution in [3.63, 3.8) is 0 Å². The van der Waals surface area contributed by atoms with E-state index in [9.17, 15) is 18.8 Å². The van der Waals surface area contributed by atoms with Gasteiger partial charge in [-0.05, 0) is 54.1 Å². The molecule has 0 unspecified atom stereocenters. The molecule has 5 rings (SSSR count). The number of nitrogens with zero attached hydrogens (tertiary/aromatic N) is 1. The van der Waals surface area contributed by atoms with E-state index in [4.69, 9.17) is 27.9 Å². The number of hydrogen-bond acceptors (Lipinski definition) is 4. The Hall–Kier alpha value is -3.69. The Morgan fingerprint density at radius 2 is 1.74 bits per heavy atom. The predicted octanol–water partition coefficient (Wildman–Crippen LogP) is 4.97. The van der Waals surface area contributed by atoms with Crippen molar-refractivity contribution in [3.05, 3.63) is 93.0 Å². The third-order valence-corrected chi connectivity index (χ3v) is 7.69. The summed E-state index contributed by atoms with van der Waals surface area (Å²) in [6, 6.07) is 11.0. The van der Waals surface area contributed by atoms with Gasteiger partial charge in [-0.25, -0.2) is 8.78 Å². The van der Waals surface area contributed by atoms with Crippen LogP contribution in [-0.2, 0) is 19.8 Å². The molecule has 1 saturated heterocycles. The van der Waals surface area contributed by atoms with E-state index in [0.717, 1.165) is 18.2 Å². The van der Waals surface area contributed by atoms with Gasteiger partial charge in [0, 0.05) is 53.3 Å². The second-order valence-electron chi connectivity index (χ2n) is 9.70. The highest BCUT2D eigenvalue weighted by Crippen LogP contribution is 2.59. The summed E-state index contributed by atoms with van der Waals surface area (Å²) in [4.78, 5) is 40.9. The SMILES string of the molecule is CN(C)C(=O)COc1ccc(Cl)cc1[C@H]1CC(=O)N[C@@H](c2cc(F)ccc2F)[C@]12C(=O)Nc1cc(Cl)ccc12. The fourth-order valence-corrected chi connectivity index (χ4v) is 5.80. The highest BCUT2D eigenvalue weighted by Gasteiger charge is 2.62. The second kappa shape index (κ2) is 10.1. The lowest BCUT2D eigenvalue weighted by Gasteiger charge is -2.46. The summed E-state index contributed by atoms with van der Waals surface area (Å²) in [7, 11) is 3.16. The molecule has 2 aliphatic heterocycles. The number of carbonyl (C=O) groups excluding carboxylic acids is 3. The third kappa shape index (κ3) is 4.59. The molecule has 0 saturated carbocycles. The Balaban J connectivity index is 1.77. The van der Waals surface area contributed by atoms with Crippen LogP contribution in [0.3, 0.4) is 0 Å². The lowest BCUT2D eigenvalue weighted by atomic mass is 9.59. The Bertz CT molecular complexity index is 1520. The molecule has 3 aromatic carbocycles. The fourth-order valence-electron chi connectivity index (χ4n) is 5.45. The number of nitrogens with one attached hydrogen (secondary N) is 2. The molecular weight excluding hydrogens is 551 g/mol. The van der Waals surface area contributed by atoms with Gasteiger partial charge in [0.2, 0.25) is 11.8 Å². The molecule has 1 spiro atoms. The zero-order valence-corrected chi connectivity index (χ0v) is 22.4. The van der Waals surface area contributed by atoms with Crippen LogP contribution in [0, 0.1) is 11.6 Å². The molecule has 202 valence electrons. The van der Waals surface area contributed by atoms with Crippen molar-refractivity contribution in [3.8, 4) is 5.75 Å². The largest absolute Gasteiger partial charge is 0.483 e. The zero-order valence-electron chi connectivity index (χ0n) is 20.9. The van der Waals surface area contributed by atoms with E-state index in [1.807, 2.05) is 0 Å². The van der Waals surface area contributed by atoms with Crippen molar-refractivity contribution in [2.24, 2.45) is 0 Å². The van der Waals surface area contributed by atoms with Gasteiger partial charge in [0.25, 0.3) is 5.91 Å². The molecule has 0 aromatic heterocycles. The highest BCUT2D eigenvalue weighted by atomic mass is 35.5. The summed E-state index contributed by atoms with van der Waals surface area (Å²) in [6.07, 6.45) is -0.207. The van der Waals surface area contributed by atoms with Crippen LogP contribution < -0.4 is 15.4 Å². The van der Waals surface area contributed by atoms with E-state index >= 15 is 4.39 Å². The second-order valence-corrected chi connectivity index (χ2v) is 10.6. The number of anilines is 1. The van der Waals surface area contributed by atoms with E-state index in [0.29, 0.717) is 26.9 Å². The van der Waals surface area contributed by atoms with E-state index in [-0.39, 0.29) is 30.2 Å². The molecule has 7 nitrogen and oxygen atoms in total. The number of likely N-dealkylation sites (N-methyl/N-ethyl adjacent to an activating group) is 1. The summed E-state index contributed by atoms with van der Waals surface area (Å²) in [5, 5.41) is 6.21. The molecule has 3 aromatic rings. The van der Waals surface area contributed by atoms with Gasteiger partial charge >= 0.3 is 0 Å². The lowest BCUT2D eigenvalue weighted by molar-refractivity contribution is -0.132. The minimum atomic E-state index is -1.66. The summed E-state index contributed by atoms with van der Waals surface area (Å²) in [5.41, 5.74) is -0.674. The number of rotatable bonds is 5. The maximum absolute atomic E-state index is 15.3. The zero-order chi connectivity index (χ0) is 28.1. The average Bonchev–Trinajstić information content (AvgIpc) is 3.16. The first-order valence-electron chi connectivity index (χ1n) is 12.0. The van der Waals surface area contributed by atoms with E-state index in [1.54, 1.807) is 50.5 Å². The van der Waals surface area contributed by atoms with Gasteiger partial charge in [-0.3, -0.25) is 14.4 Å². The minimum absolute atomic E-state index is 0.196. The van der Waals surface area contributed by atoms with Crippen LogP contribution in [0.5, 0.6) is 5.75 Å². The number of carbonyl (C=O) groups is 3. The monoisotopic (exact) mass is 573 g/mol. The van der Waals surface area contributed by atoms with Crippen molar-refractivity contribution in [1.29, 1.82) is 0 Å². The maximum atomic E-state index is 15.3. The van der Waals surface area contributed by atoms with Crippen LogP contribution in [0.4, 0.5) is 14.5 Å². The Labute approximate surface area is 233 Å². The first-order valence-corrected chi connectivity index (χ1v) is 12.8. The molecule has 2 heterocycles. The molecule has 0 radical (unpaired) electrons. The quantitative estimate of drug-likeness (QED) is 0.451. The maximum Gasteiger partial charge on any atom is 0.259 e. The van der Waals surface area contributed by atoms with Crippen LogP contribution in [0.2, 0.25) is 10.0 Å². The number of hydrogen-bond donors (Lipinski definition) is 2. The van der Waals surface area contributed by atoms with E-state index in [1.165, 1.54) is 4.90 Å². The molecule has 2 N–H and O–H groups in total. The molecule has 0 bridgehead atoms. The number of amides is 3. The topological polar surface area (TPSA) is 87.7 Å². The average molecular weight is 574 g/mol. The van der Waals surface area contributed by atoms with Gasteiger partial charge in [0.05, 0.1) is 6.04 Å². The van der Waals surface area contributed by atoms with Gasteiger partial charge in [-0.15, -0.1) is 0 Å². The standard InChI is InChI=1S/C28H23Cl2F2N3O4/c1-35(2)25(37)13-39-23-8-4-14(29)9-17(23)20-12-24(36)34-26(18-11-16(31)5-7-21(18)32)28(20)19-6-3-15(30)10-22(19)33-27(28)38/h3-11,20,26H,12-13H2,1-2H3,(H,33,38)(H,34,36)/t20-,26+,28-/m1/s1. The number of benzene rings is 3. The smallest absolute Gasteiger partial charge is 0.259 e. The summed E-state index contributed by atoms with van der Waals surface area (Å²) in [6.45, 7) is -0.312. The number of fused-ring (bicyclic) bond motifs is 2. The number of piperidine rings is 1. The van der Waals surface area contributed by atoms with Gasteiger partial charge < -0.3 is 20.3 Å². The lowest BCUT2D eigenvalue weighted by Crippen LogP contribution is -2.57. The normalized spacial score (nSPS) is 21.8. The van der Waals surface area contributed by atoms with Crippen LogP contribution in [0.25, 0.3) is 0 Å². The summed E-state index contributed by atoms with van der Waals surface area (Å²) >= 11 is 12.6. The molecule has 1 fully saturated rings. The fraction of sp³-hybridized carbons (Fsp3) is 0.250. The summed E-state index contributed by atoms with van der Waals surface area (Å²) in [5.74, 6) is -3.62. The third-order valence-electron chi connectivity index (χ3n) is 7.22. The van der Waals surface area contributed by atoms with Crippen molar-refractivity contribution >= 4 is 46.6 Å². The van der Waals surface area contributed by atoms with Gasteiger partial charge in [-0.1, -0.05) is 29.3 Å². The Morgan fingerprint density at radius 1 is 1.03 bits per heavy atom. The van der Waals surface area contributed by atoms with Crippen LogP contribution in [-0.4, -0.2) is 43.3 Å². The van der Waals surface area contributed by atoms with Crippen LogP contribution in [0.1, 0.15) is 35.1 Å². The first-order chi connectivity index (χ1) is 18.5. The van der Waals surface area contributed by atoms with E-state index < -0.39 is 40.8 Å². The molecule has 2 aliphatic rings. The van der Waals surface area contributed by atoms with E-state index in [2.05, 4.69) is 10.6 Å². The molecule has 11 heteroatoms. The van der Waals surface area contributed by atoms with Gasteiger partial charge in [0.1, 0.15) is 22.8 Å². The van der Waals surface area contributed by atoms with Gasteiger partial charge in [0.15, 0.2) is 6.61 Å². The van der Waals surface area contributed by atoms with Crippen LogP contribution in [0.15, 0.2) is 54.6 Å². The van der Waals surface area contributed by atoms with Crippen molar-refractivity contribution < 1.29 is 27.9 Å². The molecule has 39 heavy (non-hydrogen) atoms. The van der Waals surface area contributed by atoms with Crippen LogP contribution >= 0.6 is 23.2 Å². The minimum Gasteiger partial charge on any atom is -0.483 e. The van der Waals surface area contributed by atoms with Gasteiger partial charge in [-0.2, -0.15) is 0 Å². The molecule has 3 amide bonds. The first kappa shape index (κ1) is 26.9. The van der Waals surface area contributed by atoms with Crippen molar-refractivity contribution in [2.75, 3.05) is 26.0 Å². The molecule has 3 atom stereocenters. The summed E-state index contributed by atoms with van der Waals surface area (Å²) < 4.78 is 35.6. The number of halogens is 4. The predicted molar refractivity (Wildman–Crippen MR) is 142 cm³/mol. The number of ether oxygens (including phenoxy) is 1. The highest BCUT2D eigenvalue weighted by molar-refractivity contribution is 6.31. The Kier molecular flexibility index (Phi) is 6.99. The van der Waals surface area contributed by atoms with Crippen molar-refractivity contribution in [1.82, 2.24) is 10.2 Å². The Morgan fingerprint density at radius 3 is 2.49 bits per heavy atom.